The molecule has 1 aromatic carbocycles. The van der Waals surface area contributed by atoms with Crippen molar-refractivity contribution in [2.45, 2.75) is 32.4 Å². The summed E-state index contributed by atoms with van der Waals surface area (Å²) in [5.41, 5.74) is 1.06. The molecule has 1 aliphatic heterocycles. The molecule has 5 heteroatoms. The molecule has 0 spiro atoms. The second kappa shape index (κ2) is 5.49. The van der Waals surface area contributed by atoms with E-state index >= 15 is 0 Å². The highest BCUT2D eigenvalue weighted by molar-refractivity contribution is 8.14. The minimum atomic E-state index is -0.389. The Labute approximate surface area is 116 Å². The second-order valence-electron chi connectivity index (χ2n) is 4.70. The summed E-state index contributed by atoms with van der Waals surface area (Å²) in [6.07, 6.45) is 1.07. The molecule has 1 heterocycles. The standard InChI is InChI=1S/C13H16ClFN2S/c1-3-13(2)8-18-12(17-13)16-7-9-4-5-11(15)10(14)6-9/h4-6H,3,7-8H2,1-2H3,(H,16,17). The molecular formula is C13H16ClFN2S. The number of hydrogen-bond donors (Lipinski definition) is 1. The monoisotopic (exact) mass is 286 g/mol. The summed E-state index contributed by atoms with van der Waals surface area (Å²) in [7, 11) is 0. The quantitative estimate of drug-likeness (QED) is 0.913. The van der Waals surface area contributed by atoms with Crippen molar-refractivity contribution in [3.63, 3.8) is 0 Å². The van der Waals surface area contributed by atoms with Crippen LogP contribution >= 0.6 is 23.4 Å². The Bertz CT molecular complexity index is 478. The number of nitrogens with zero attached hydrogens (tertiary/aromatic N) is 1. The molecule has 0 aromatic heterocycles. The normalized spacial score (nSPS) is 25.4. The lowest BCUT2D eigenvalue weighted by atomic mass is 10.0. The van der Waals surface area contributed by atoms with E-state index in [2.05, 4.69) is 24.2 Å². The number of hydrogen-bond acceptors (Lipinski definition) is 2. The molecular weight excluding hydrogens is 271 g/mol. The van der Waals surface area contributed by atoms with Crippen LogP contribution in [0.1, 0.15) is 25.8 Å². The Morgan fingerprint density at radius 2 is 2.33 bits per heavy atom. The maximum absolute atomic E-state index is 13.0. The van der Waals surface area contributed by atoms with Crippen molar-refractivity contribution in [2.24, 2.45) is 4.99 Å². The van der Waals surface area contributed by atoms with Crippen molar-refractivity contribution in [1.29, 1.82) is 0 Å². The fourth-order valence-electron chi connectivity index (χ4n) is 1.63. The molecule has 98 valence electrons. The number of aliphatic imine (C=N–C) groups is 1. The molecule has 2 rings (SSSR count). The number of thioether (sulfide) groups is 1. The number of amidine groups is 1. The lowest BCUT2D eigenvalue weighted by Crippen LogP contribution is -2.39. The minimum absolute atomic E-state index is 0.143. The predicted molar refractivity (Wildman–Crippen MR) is 76.8 cm³/mol. The smallest absolute Gasteiger partial charge is 0.157 e. The van der Waals surface area contributed by atoms with Crippen LogP contribution in [0.3, 0.4) is 0 Å². The molecule has 0 bridgehead atoms. The maximum Gasteiger partial charge on any atom is 0.157 e. The van der Waals surface area contributed by atoms with Crippen LogP contribution in [0.4, 0.5) is 4.39 Å². The summed E-state index contributed by atoms with van der Waals surface area (Å²) in [4.78, 5) is 4.50. The van der Waals surface area contributed by atoms with E-state index in [1.807, 2.05) is 0 Å². The van der Waals surface area contributed by atoms with Gasteiger partial charge in [-0.25, -0.2) is 4.39 Å². The average molecular weight is 287 g/mol. The van der Waals surface area contributed by atoms with Crippen molar-refractivity contribution in [3.05, 3.63) is 34.6 Å². The topological polar surface area (TPSA) is 24.4 Å². The molecule has 0 aliphatic carbocycles. The number of nitrogens with one attached hydrogen (secondary N) is 1. The summed E-state index contributed by atoms with van der Waals surface area (Å²) in [6.45, 7) is 4.88. The maximum atomic E-state index is 13.0. The first-order chi connectivity index (χ1) is 8.52. The highest BCUT2D eigenvalue weighted by Gasteiger charge is 2.30. The summed E-state index contributed by atoms with van der Waals surface area (Å²) >= 11 is 7.47. The van der Waals surface area contributed by atoms with Crippen molar-refractivity contribution in [1.82, 2.24) is 5.32 Å². The van der Waals surface area contributed by atoms with Gasteiger partial charge in [-0.2, -0.15) is 0 Å². The van der Waals surface area contributed by atoms with Crippen LogP contribution in [0.2, 0.25) is 5.02 Å². The zero-order valence-electron chi connectivity index (χ0n) is 10.5. The molecule has 1 atom stereocenters. The second-order valence-corrected chi connectivity index (χ2v) is 6.07. The van der Waals surface area contributed by atoms with Gasteiger partial charge in [0.15, 0.2) is 5.17 Å². The van der Waals surface area contributed by atoms with Gasteiger partial charge in [-0.3, -0.25) is 4.99 Å². The molecule has 2 nitrogen and oxygen atoms in total. The summed E-state index contributed by atoms with van der Waals surface area (Å²) < 4.78 is 13.0. The SMILES string of the molecule is CCC1(C)CSC(=NCc2ccc(F)c(Cl)c2)N1. The van der Waals surface area contributed by atoms with Crippen LogP contribution in [0.5, 0.6) is 0 Å². The van der Waals surface area contributed by atoms with Crippen LogP contribution in [-0.4, -0.2) is 16.5 Å². The van der Waals surface area contributed by atoms with Gasteiger partial charge in [0.2, 0.25) is 0 Å². The zero-order chi connectivity index (χ0) is 13.2. The molecule has 1 aromatic rings. The number of benzene rings is 1. The van der Waals surface area contributed by atoms with E-state index in [1.54, 1.807) is 23.9 Å². The summed E-state index contributed by atoms with van der Waals surface area (Å²) in [6, 6.07) is 4.72. The summed E-state index contributed by atoms with van der Waals surface area (Å²) in [5.74, 6) is 0.645. The van der Waals surface area contributed by atoms with Crippen molar-refractivity contribution in [3.8, 4) is 0 Å². The van der Waals surface area contributed by atoms with Gasteiger partial charge in [-0.1, -0.05) is 36.4 Å². The van der Waals surface area contributed by atoms with E-state index in [1.165, 1.54) is 6.07 Å². The van der Waals surface area contributed by atoms with Crippen LogP contribution in [0.15, 0.2) is 23.2 Å². The van der Waals surface area contributed by atoms with E-state index in [0.717, 1.165) is 22.9 Å². The number of halogens is 2. The first-order valence-electron chi connectivity index (χ1n) is 5.92. The molecule has 1 saturated heterocycles. The lowest BCUT2D eigenvalue weighted by Gasteiger charge is -2.20. The predicted octanol–water partition coefficient (Wildman–Crippen LogP) is 3.84. The number of rotatable bonds is 3. The van der Waals surface area contributed by atoms with Gasteiger partial charge in [0, 0.05) is 11.3 Å². The van der Waals surface area contributed by atoms with Gasteiger partial charge < -0.3 is 5.32 Å². The van der Waals surface area contributed by atoms with E-state index in [9.17, 15) is 4.39 Å². The molecule has 0 amide bonds. The fourth-order valence-corrected chi connectivity index (χ4v) is 3.04. The van der Waals surface area contributed by atoms with Crippen molar-refractivity contribution < 1.29 is 4.39 Å². The van der Waals surface area contributed by atoms with Gasteiger partial charge in [-0.05, 0) is 31.0 Å². The Morgan fingerprint density at radius 3 is 2.94 bits per heavy atom. The molecule has 1 unspecified atom stereocenters. The van der Waals surface area contributed by atoms with E-state index in [-0.39, 0.29) is 16.4 Å². The van der Waals surface area contributed by atoms with Gasteiger partial charge in [0.1, 0.15) is 5.82 Å². The fraction of sp³-hybridized carbons (Fsp3) is 0.462. The average Bonchev–Trinajstić information content (AvgIpc) is 2.74. The molecule has 1 N–H and O–H groups in total. The molecule has 0 saturated carbocycles. The highest BCUT2D eigenvalue weighted by Crippen LogP contribution is 2.26. The van der Waals surface area contributed by atoms with E-state index < -0.39 is 0 Å². The van der Waals surface area contributed by atoms with E-state index in [4.69, 9.17) is 11.6 Å². The van der Waals surface area contributed by atoms with Crippen LogP contribution < -0.4 is 5.32 Å². The van der Waals surface area contributed by atoms with Gasteiger partial charge >= 0.3 is 0 Å². The van der Waals surface area contributed by atoms with Gasteiger partial charge in [0.25, 0.3) is 0 Å². The Hall–Kier alpha value is -0.740. The largest absolute Gasteiger partial charge is 0.359 e. The highest BCUT2D eigenvalue weighted by atomic mass is 35.5. The van der Waals surface area contributed by atoms with Crippen molar-refractivity contribution in [2.75, 3.05) is 5.75 Å². The Kier molecular flexibility index (Phi) is 4.17. The minimum Gasteiger partial charge on any atom is -0.359 e. The van der Waals surface area contributed by atoms with Gasteiger partial charge in [-0.15, -0.1) is 0 Å². The Morgan fingerprint density at radius 1 is 1.56 bits per heavy atom. The third-order valence-corrected chi connectivity index (χ3v) is 4.68. The first kappa shape index (κ1) is 13.7. The van der Waals surface area contributed by atoms with Crippen molar-refractivity contribution >= 4 is 28.5 Å². The lowest BCUT2D eigenvalue weighted by molar-refractivity contribution is 0.466. The van der Waals surface area contributed by atoms with Crippen LogP contribution in [-0.2, 0) is 6.54 Å². The van der Waals surface area contributed by atoms with Gasteiger partial charge in [0.05, 0.1) is 11.6 Å². The van der Waals surface area contributed by atoms with E-state index in [0.29, 0.717) is 6.54 Å². The first-order valence-corrected chi connectivity index (χ1v) is 7.28. The molecule has 18 heavy (non-hydrogen) atoms. The zero-order valence-corrected chi connectivity index (χ0v) is 12.0. The van der Waals surface area contributed by atoms with Crippen LogP contribution in [0.25, 0.3) is 0 Å². The van der Waals surface area contributed by atoms with Crippen LogP contribution in [0, 0.1) is 5.82 Å². The third kappa shape index (κ3) is 3.18. The molecule has 1 fully saturated rings. The molecule has 0 radical (unpaired) electrons. The third-order valence-electron chi connectivity index (χ3n) is 3.11. The summed E-state index contributed by atoms with van der Waals surface area (Å²) in [5, 5.41) is 4.53. The molecule has 1 aliphatic rings. The Balaban J connectivity index is 2.01.